The van der Waals surface area contributed by atoms with Crippen molar-refractivity contribution in [3.05, 3.63) is 57.9 Å². The summed E-state index contributed by atoms with van der Waals surface area (Å²) < 4.78 is 1.50. The van der Waals surface area contributed by atoms with Gasteiger partial charge in [-0.2, -0.15) is 5.26 Å². The van der Waals surface area contributed by atoms with Gasteiger partial charge in [0, 0.05) is 50.4 Å². The standard InChI is InChI=1S/C17H18N4O/c1-12-14(6-5-8-19-12)15-10-13(11-18)17(22)21(4)16(15)7-9-20(2)3/h5-10H,1-4H3. The van der Waals surface area contributed by atoms with Gasteiger partial charge in [0.15, 0.2) is 0 Å². The van der Waals surface area contributed by atoms with Crippen molar-refractivity contribution in [2.24, 2.45) is 7.05 Å². The van der Waals surface area contributed by atoms with Gasteiger partial charge in [-0.05, 0) is 25.1 Å². The van der Waals surface area contributed by atoms with Crippen LogP contribution < -0.4 is 5.56 Å². The Bertz CT molecular complexity index is 826. The summed E-state index contributed by atoms with van der Waals surface area (Å²) in [6, 6.07) is 7.40. The highest BCUT2D eigenvalue weighted by molar-refractivity contribution is 5.75. The molecule has 0 aliphatic carbocycles. The Kier molecular flexibility index (Phi) is 4.42. The first-order chi connectivity index (χ1) is 10.5. The second kappa shape index (κ2) is 6.27. The van der Waals surface area contributed by atoms with Gasteiger partial charge >= 0.3 is 0 Å². The van der Waals surface area contributed by atoms with Crippen LogP contribution in [0, 0.1) is 18.3 Å². The van der Waals surface area contributed by atoms with Crippen LogP contribution >= 0.6 is 0 Å². The maximum atomic E-state index is 12.2. The normalized spacial score (nSPS) is 10.7. The Morgan fingerprint density at radius 1 is 1.36 bits per heavy atom. The SMILES string of the molecule is Cc1ncccc1-c1cc(C#N)c(=O)n(C)c1C=CN(C)C. The van der Waals surface area contributed by atoms with Crippen molar-refractivity contribution >= 4 is 6.08 Å². The molecule has 0 radical (unpaired) electrons. The molecule has 0 fully saturated rings. The monoisotopic (exact) mass is 294 g/mol. The van der Waals surface area contributed by atoms with Crippen molar-refractivity contribution < 1.29 is 0 Å². The van der Waals surface area contributed by atoms with Crippen molar-refractivity contribution in [1.29, 1.82) is 5.26 Å². The summed E-state index contributed by atoms with van der Waals surface area (Å²) in [6.07, 6.45) is 5.46. The first-order valence-corrected chi connectivity index (χ1v) is 6.86. The third-order valence-corrected chi connectivity index (χ3v) is 3.41. The Hall–Kier alpha value is -2.87. The maximum absolute atomic E-state index is 12.2. The van der Waals surface area contributed by atoms with E-state index in [0.29, 0.717) is 0 Å². The Morgan fingerprint density at radius 2 is 2.09 bits per heavy atom. The zero-order valence-corrected chi connectivity index (χ0v) is 13.2. The molecule has 22 heavy (non-hydrogen) atoms. The van der Waals surface area contributed by atoms with Crippen molar-refractivity contribution in [3.63, 3.8) is 0 Å². The molecule has 2 heterocycles. The van der Waals surface area contributed by atoms with Crippen LogP contribution in [-0.4, -0.2) is 28.5 Å². The fourth-order valence-electron chi connectivity index (χ4n) is 2.24. The van der Waals surface area contributed by atoms with Gasteiger partial charge in [0.2, 0.25) is 0 Å². The van der Waals surface area contributed by atoms with E-state index < -0.39 is 0 Å². The lowest BCUT2D eigenvalue weighted by Gasteiger charge is -2.14. The van der Waals surface area contributed by atoms with Crippen molar-refractivity contribution in [1.82, 2.24) is 14.5 Å². The Labute approximate surface area is 129 Å². The number of nitrogens with zero attached hydrogens (tertiary/aromatic N) is 4. The lowest BCUT2D eigenvalue weighted by molar-refractivity contribution is 0.567. The van der Waals surface area contributed by atoms with E-state index in [4.69, 9.17) is 0 Å². The number of nitriles is 1. The predicted molar refractivity (Wildman–Crippen MR) is 87.1 cm³/mol. The molecular formula is C17H18N4O. The van der Waals surface area contributed by atoms with Gasteiger partial charge in [0.05, 0.1) is 5.69 Å². The lowest BCUT2D eigenvalue weighted by Crippen LogP contribution is -2.22. The van der Waals surface area contributed by atoms with Gasteiger partial charge in [-0.1, -0.05) is 6.07 Å². The Morgan fingerprint density at radius 3 is 2.68 bits per heavy atom. The molecule has 0 aliphatic heterocycles. The third-order valence-electron chi connectivity index (χ3n) is 3.41. The van der Waals surface area contributed by atoms with Crippen LogP contribution in [0.2, 0.25) is 0 Å². The number of rotatable bonds is 3. The minimum Gasteiger partial charge on any atom is -0.383 e. The fourth-order valence-corrected chi connectivity index (χ4v) is 2.24. The molecule has 2 rings (SSSR count). The summed E-state index contributed by atoms with van der Waals surface area (Å²) in [6.45, 7) is 1.91. The molecule has 0 aliphatic rings. The van der Waals surface area contributed by atoms with E-state index in [-0.39, 0.29) is 11.1 Å². The van der Waals surface area contributed by atoms with E-state index in [1.54, 1.807) is 19.3 Å². The highest BCUT2D eigenvalue weighted by Gasteiger charge is 2.14. The van der Waals surface area contributed by atoms with Crippen LogP contribution in [0.5, 0.6) is 0 Å². The van der Waals surface area contributed by atoms with Crippen LogP contribution in [0.3, 0.4) is 0 Å². The molecule has 5 nitrogen and oxygen atoms in total. The summed E-state index contributed by atoms with van der Waals surface area (Å²) in [4.78, 5) is 18.4. The Balaban J connectivity index is 2.82. The molecule has 0 saturated carbocycles. The first kappa shape index (κ1) is 15.5. The van der Waals surface area contributed by atoms with Gasteiger partial charge in [0.1, 0.15) is 11.6 Å². The van der Waals surface area contributed by atoms with Crippen molar-refractivity contribution in [2.45, 2.75) is 6.92 Å². The number of aromatic nitrogens is 2. The molecule has 0 aromatic carbocycles. The largest absolute Gasteiger partial charge is 0.383 e. The molecule has 5 heteroatoms. The quantitative estimate of drug-likeness (QED) is 0.870. The lowest BCUT2D eigenvalue weighted by atomic mass is 10.0. The number of pyridine rings is 2. The van der Waals surface area contributed by atoms with Crippen LogP contribution in [0.1, 0.15) is 17.0 Å². The zero-order chi connectivity index (χ0) is 16.3. The summed E-state index contributed by atoms with van der Waals surface area (Å²) in [5.41, 5.74) is 3.16. The maximum Gasteiger partial charge on any atom is 0.268 e. The molecule has 0 saturated heterocycles. The fraction of sp³-hybridized carbons (Fsp3) is 0.235. The highest BCUT2D eigenvalue weighted by atomic mass is 16.1. The van der Waals surface area contributed by atoms with E-state index >= 15 is 0 Å². The smallest absolute Gasteiger partial charge is 0.268 e. The molecule has 0 amide bonds. The first-order valence-electron chi connectivity index (χ1n) is 6.86. The van der Waals surface area contributed by atoms with E-state index in [0.717, 1.165) is 22.5 Å². The zero-order valence-electron chi connectivity index (χ0n) is 13.2. The van der Waals surface area contributed by atoms with Crippen molar-refractivity contribution in [2.75, 3.05) is 14.1 Å². The summed E-state index contributed by atoms with van der Waals surface area (Å²) in [7, 11) is 5.49. The molecule has 2 aromatic heterocycles. The number of hydrogen-bond acceptors (Lipinski definition) is 4. The number of aryl methyl sites for hydroxylation is 1. The molecule has 0 spiro atoms. The van der Waals surface area contributed by atoms with Crippen LogP contribution in [-0.2, 0) is 7.05 Å². The molecule has 0 bridgehead atoms. The second-order valence-corrected chi connectivity index (χ2v) is 5.25. The molecule has 0 N–H and O–H groups in total. The summed E-state index contributed by atoms with van der Waals surface area (Å²) in [5, 5.41) is 9.19. The molecule has 112 valence electrons. The van der Waals surface area contributed by atoms with E-state index in [1.165, 1.54) is 4.57 Å². The van der Waals surface area contributed by atoms with Crippen molar-refractivity contribution in [3.8, 4) is 17.2 Å². The van der Waals surface area contributed by atoms with Crippen LogP contribution in [0.4, 0.5) is 0 Å². The number of hydrogen-bond donors (Lipinski definition) is 0. The van der Waals surface area contributed by atoms with E-state index in [1.807, 2.05) is 56.4 Å². The van der Waals surface area contributed by atoms with Gasteiger partial charge < -0.3 is 9.47 Å². The third kappa shape index (κ3) is 2.91. The molecule has 0 unspecified atom stereocenters. The van der Waals surface area contributed by atoms with Crippen LogP contribution in [0.25, 0.3) is 17.2 Å². The van der Waals surface area contributed by atoms with E-state index in [2.05, 4.69) is 4.98 Å². The van der Waals surface area contributed by atoms with Gasteiger partial charge in [-0.15, -0.1) is 0 Å². The van der Waals surface area contributed by atoms with E-state index in [9.17, 15) is 10.1 Å². The summed E-state index contributed by atoms with van der Waals surface area (Å²) in [5.74, 6) is 0. The average Bonchev–Trinajstić information content (AvgIpc) is 2.49. The molecular weight excluding hydrogens is 276 g/mol. The van der Waals surface area contributed by atoms with Gasteiger partial charge in [-0.3, -0.25) is 9.78 Å². The predicted octanol–water partition coefficient (Wildman–Crippen LogP) is 2.16. The average molecular weight is 294 g/mol. The second-order valence-electron chi connectivity index (χ2n) is 5.25. The molecule has 2 aromatic rings. The minimum absolute atomic E-state index is 0.128. The van der Waals surface area contributed by atoms with Gasteiger partial charge in [0.25, 0.3) is 5.56 Å². The van der Waals surface area contributed by atoms with Crippen LogP contribution in [0.15, 0.2) is 35.4 Å². The minimum atomic E-state index is -0.300. The highest BCUT2D eigenvalue weighted by Crippen LogP contribution is 2.26. The molecule has 0 atom stereocenters. The topological polar surface area (TPSA) is 61.9 Å². The summed E-state index contributed by atoms with van der Waals surface area (Å²) >= 11 is 0. The van der Waals surface area contributed by atoms with Gasteiger partial charge in [-0.25, -0.2) is 0 Å².